The van der Waals surface area contributed by atoms with Crippen LogP contribution in [-0.4, -0.2) is 42.9 Å². The molecule has 2 heterocycles. The van der Waals surface area contributed by atoms with E-state index in [0.717, 1.165) is 43.9 Å². The number of nitrogens with one attached hydrogen (secondary N) is 1. The van der Waals surface area contributed by atoms with Crippen LogP contribution in [0, 0.1) is 0 Å². The second-order valence-electron chi connectivity index (χ2n) is 8.17. The third-order valence-corrected chi connectivity index (χ3v) is 6.09. The fourth-order valence-electron chi connectivity index (χ4n) is 3.93. The lowest BCUT2D eigenvalue weighted by Crippen LogP contribution is -2.48. The molecule has 4 rings (SSSR count). The van der Waals surface area contributed by atoms with Crippen molar-refractivity contribution < 1.29 is 14.0 Å². The van der Waals surface area contributed by atoms with Gasteiger partial charge in [0.2, 0.25) is 11.8 Å². The number of hydrogen-bond donors (Lipinski definition) is 1. The fraction of sp³-hybridized carbons (Fsp3) is 0.259. The van der Waals surface area contributed by atoms with Crippen molar-refractivity contribution in [2.45, 2.75) is 19.8 Å². The minimum Gasteiger partial charge on any atom is -0.457 e. The lowest BCUT2D eigenvalue weighted by Gasteiger charge is -2.36. The number of benzene rings is 2. The molecule has 0 radical (unpaired) electrons. The summed E-state index contributed by atoms with van der Waals surface area (Å²) in [6.45, 7) is 5.13. The maximum absolute atomic E-state index is 12.3. The number of amides is 2. The number of hydrogen-bond acceptors (Lipinski definition) is 4. The zero-order valence-electron chi connectivity index (χ0n) is 19.2. The molecule has 1 saturated heterocycles. The van der Waals surface area contributed by atoms with E-state index in [1.54, 1.807) is 12.1 Å². The normalized spacial score (nSPS) is 13.9. The maximum atomic E-state index is 12.3. The zero-order valence-corrected chi connectivity index (χ0v) is 19.9. The lowest BCUT2D eigenvalue weighted by molar-refractivity contribution is -0.131. The molecule has 7 heteroatoms. The first-order valence-corrected chi connectivity index (χ1v) is 11.9. The van der Waals surface area contributed by atoms with Gasteiger partial charge in [0.1, 0.15) is 11.5 Å². The van der Waals surface area contributed by atoms with Gasteiger partial charge in [-0.15, -0.1) is 0 Å². The van der Waals surface area contributed by atoms with Crippen LogP contribution in [0.4, 0.5) is 11.4 Å². The minimum atomic E-state index is -0.244. The van der Waals surface area contributed by atoms with E-state index < -0.39 is 0 Å². The van der Waals surface area contributed by atoms with Gasteiger partial charge in [0.05, 0.1) is 5.02 Å². The third kappa shape index (κ3) is 5.88. The smallest absolute Gasteiger partial charge is 0.248 e. The second-order valence-corrected chi connectivity index (χ2v) is 8.58. The summed E-state index contributed by atoms with van der Waals surface area (Å²) in [5.74, 6) is 1.21. The highest BCUT2D eigenvalue weighted by atomic mass is 35.5. The van der Waals surface area contributed by atoms with Gasteiger partial charge in [0.15, 0.2) is 0 Å². The average molecular weight is 478 g/mol. The molecule has 0 unspecified atom stereocenters. The number of furan rings is 1. The number of piperazine rings is 1. The predicted molar refractivity (Wildman–Crippen MR) is 137 cm³/mol. The molecule has 1 N–H and O–H groups in total. The van der Waals surface area contributed by atoms with Gasteiger partial charge in [-0.2, -0.15) is 0 Å². The first-order valence-electron chi connectivity index (χ1n) is 11.5. The van der Waals surface area contributed by atoms with Crippen LogP contribution >= 0.6 is 11.6 Å². The second kappa shape index (κ2) is 11.1. The first kappa shape index (κ1) is 23.6. The number of halogens is 1. The number of nitrogens with zero attached hydrogens (tertiary/aromatic N) is 2. The van der Waals surface area contributed by atoms with Crippen molar-refractivity contribution in [3.05, 3.63) is 77.5 Å². The summed E-state index contributed by atoms with van der Waals surface area (Å²) in [6, 6.07) is 18.8. The Hall–Kier alpha value is -3.51. The standard InChI is InChI=1S/C27H28ClN3O3/c1-2-5-27(33)31-18-16-30(17-19-31)21-10-8-20(9-11-21)29-26(32)15-13-22-12-14-25(34-22)23-6-3-4-7-24(23)28/h3-4,6-15H,2,5,16-19H2,1H3,(H,29,32)/b15-13+. The molecule has 176 valence electrons. The highest BCUT2D eigenvalue weighted by molar-refractivity contribution is 6.33. The summed E-state index contributed by atoms with van der Waals surface area (Å²) in [7, 11) is 0. The Morgan fingerprint density at radius 3 is 2.44 bits per heavy atom. The topological polar surface area (TPSA) is 65.8 Å². The summed E-state index contributed by atoms with van der Waals surface area (Å²) >= 11 is 6.22. The van der Waals surface area contributed by atoms with Crippen LogP contribution in [0.5, 0.6) is 0 Å². The van der Waals surface area contributed by atoms with E-state index in [2.05, 4.69) is 10.2 Å². The summed E-state index contributed by atoms with van der Waals surface area (Å²) < 4.78 is 5.79. The molecule has 0 spiro atoms. The molecule has 0 atom stereocenters. The van der Waals surface area contributed by atoms with E-state index in [4.69, 9.17) is 16.0 Å². The summed E-state index contributed by atoms with van der Waals surface area (Å²) in [6.07, 6.45) is 4.57. The van der Waals surface area contributed by atoms with Crippen molar-refractivity contribution in [2.75, 3.05) is 36.4 Å². The van der Waals surface area contributed by atoms with E-state index in [9.17, 15) is 9.59 Å². The molecule has 2 aromatic carbocycles. The van der Waals surface area contributed by atoms with Crippen molar-refractivity contribution in [2.24, 2.45) is 0 Å². The summed E-state index contributed by atoms with van der Waals surface area (Å²) in [5.41, 5.74) is 2.60. The molecule has 6 nitrogen and oxygen atoms in total. The molecular formula is C27H28ClN3O3. The van der Waals surface area contributed by atoms with E-state index >= 15 is 0 Å². The van der Waals surface area contributed by atoms with Gasteiger partial charge >= 0.3 is 0 Å². The zero-order chi connectivity index (χ0) is 23.9. The lowest BCUT2D eigenvalue weighted by atomic mass is 10.2. The van der Waals surface area contributed by atoms with Crippen molar-refractivity contribution >= 4 is 40.9 Å². The van der Waals surface area contributed by atoms with Crippen LogP contribution in [0.15, 0.2) is 71.2 Å². The van der Waals surface area contributed by atoms with E-state index in [-0.39, 0.29) is 11.8 Å². The predicted octanol–water partition coefficient (Wildman–Crippen LogP) is 5.70. The van der Waals surface area contributed by atoms with Gasteiger partial charge in [-0.3, -0.25) is 9.59 Å². The first-order chi connectivity index (χ1) is 16.5. The van der Waals surface area contributed by atoms with Crippen LogP contribution < -0.4 is 10.2 Å². The molecule has 1 aliphatic heterocycles. The van der Waals surface area contributed by atoms with Crippen molar-refractivity contribution in [3.8, 4) is 11.3 Å². The van der Waals surface area contributed by atoms with Crippen LogP contribution in [0.3, 0.4) is 0 Å². The highest BCUT2D eigenvalue weighted by Crippen LogP contribution is 2.29. The Morgan fingerprint density at radius 2 is 1.74 bits per heavy atom. The largest absolute Gasteiger partial charge is 0.457 e. The van der Waals surface area contributed by atoms with Crippen LogP contribution in [-0.2, 0) is 9.59 Å². The molecular weight excluding hydrogens is 450 g/mol. The Morgan fingerprint density at radius 1 is 1.00 bits per heavy atom. The summed E-state index contributed by atoms with van der Waals surface area (Å²) in [5, 5.41) is 3.48. The van der Waals surface area contributed by atoms with Crippen LogP contribution in [0.1, 0.15) is 25.5 Å². The molecule has 1 aliphatic rings. The van der Waals surface area contributed by atoms with Crippen LogP contribution in [0.2, 0.25) is 5.02 Å². The minimum absolute atomic E-state index is 0.239. The van der Waals surface area contributed by atoms with Gasteiger partial charge < -0.3 is 19.5 Å². The fourth-order valence-corrected chi connectivity index (χ4v) is 4.16. The van der Waals surface area contributed by atoms with E-state index in [1.165, 1.54) is 6.08 Å². The Bertz CT molecular complexity index is 1160. The molecule has 1 fully saturated rings. The van der Waals surface area contributed by atoms with Crippen molar-refractivity contribution in [1.29, 1.82) is 0 Å². The van der Waals surface area contributed by atoms with Gasteiger partial charge in [-0.05, 0) is 61.0 Å². The number of carbonyl (C=O) groups excluding carboxylic acids is 2. The third-order valence-electron chi connectivity index (χ3n) is 5.76. The Balaban J connectivity index is 1.29. The quantitative estimate of drug-likeness (QED) is 0.443. The number of carbonyl (C=O) groups is 2. The van der Waals surface area contributed by atoms with Gasteiger partial charge in [-0.1, -0.05) is 30.7 Å². The maximum Gasteiger partial charge on any atom is 0.248 e. The molecule has 34 heavy (non-hydrogen) atoms. The molecule has 1 aromatic heterocycles. The molecule has 0 bridgehead atoms. The molecule has 0 aliphatic carbocycles. The Labute approximate surface area is 204 Å². The number of anilines is 2. The number of rotatable bonds is 7. The van der Waals surface area contributed by atoms with Gasteiger partial charge in [0.25, 0.3) is 0 Å². The molecule has 0 saturated carbocycles. The highest BCUT2D eigenvalue weighted by Gasteiger charge is 2.20. The van der Waals surface area contributed by atoms with Crippen molar-refractivity contribution in [1.82, 2.24) is 4.90 Å². The molecule has 3 aromatic rings. The van der Waals surface area contributed by atoms with Crippen molar-refractivity contribution in [3.63, 3.8) is 0 Å². The van der Waals surface area contributed by atoms with E-state index in [0.29, 0.717) is 28.7 Å². The molecule has 2 amide bonds. The SMILES string of the molecule is CCCC(=O)N1CCN(c2ccc(NC(=O)/C=C/c3ccc(-c4ccccc4Cl)o3)cc2)CC1. The van der Waals surface area contributed by atoms with Crippen LogP contribution in [0.25, 0.3) is 17.4 Å². The van der Waals surface area contributed by atoms with Gasteiger partial charge in [-0.25, -0.2) is 0 Å². The summed E-state index contributed by atoms with van der Waals surface area (Å²) in [4.78, 5) is 28.6. The van der Waals surface area contributed by atoms with Gasteiger partial charge in [0, 0.05) is 55.6 Å². The average Bonchev–Trinajstić information content (AvgIpc) is 3.33. The Kier molecular flexibility index (Phi) is 7.70. The monoisotopic (exact) mass is 477 g/mol. The van der Waals surface area contributed by atoms with E-state index in [1.807, 2.05) is 66.4 Å².